The van der Waals surface area contributed by atoms with Crippen LogP contribution in [0.5, 0.6) is 0 Å². The number of anilines is 1. The Morgan fingerprint density at radius 3 is 2.57 bits per heavy atom. The number of benzene rings is 1. The minimum atomic E-state index is -0.371. The number of carbonyl (C=O) groups is 1. The van der Waals surface area contributed by atoms with Gasteiger partial charge in [-0.25, -0.2) is 0 Å². The molecule has 21 heavy (non-hydrogen) atoms. The second-order valence-corrected chi connectivity index (χ2v) is 5.69. The van der Waals surface area contributed by atoms with Crippen molar-refractivity contribution in [1.82, 2.24) is 10.3 Å². The highest BCUT2D eigenvalue weighted by molar-refractivity contribution is 5.91. The summed E-state index contributed by atoms with van der Waals surface area (Å²) in [4.78, 5) is 16.7. The van der Waals surface area contributed by atoms with E-state index >= 15 is 0 Å². The molecule has 1 aliphatic rings. The third-order valence-corrected chi connectivity index (χ3v) is 4.18. The summed E-state index contributed by atoms with van der Waals surface area (Å²) in [7, 11) is 0. The Morgan fingerprint density at radius 1 is 1.29 bits per heavy atom. The Balaban J connectivity index is 1.75. The first-order chi connectivity index (χ1) is 10.1. The summed E-state index contributed by atoms with van der Waals surface area (Å²) in [6.07, 6.45) is 5.30. The van der Waals surface area contributed by atoms with Crippen molar-refractivity contribution in [1.29, 1.82) is 0 Å². The van der Waals surface area contributed by atoms with E-state index in [0.717, 1.165) is 29.7 Å². The Labute approximate surface area is 124 Å². The van der Waals surface area contributed by atoms with Gasteiger partial charge >= 0.3 is 0 Å². The van der Waals surface area contributed by atoms with Crippen LogP contribution >= 0.6 is 0 Å². The van der Waals surface area contributed by atoms with Gasteiger partial charge in [-0.15, -0.1) is 0 Å². The zero-order valence-electron chi connectivity index (χ0n) is 12.0. The first-order valence-corrected chi connectivity index (χ1v) is 7.19. The van der Waals surface area contributed by atoms with E-state index in [4.69, 9.17) is 5.73 Å². The molecule has 3 rings (SSSR count). The molecule has 3 N–H and O–H groups in total. The average molecular weight is 281 g/mol. The van der Waals surface area contributed by atoms with Crippen molar-refractivity contribution in [2.45, 2.75) is 31.2 Å². The second-order valence-electron chi connectivity index (χ2n) is 5.69. The molecule has 1 atom stereocenters. The standard InChI is InChI=1S/C17H19N3O/c1-12(13-3-2-10-19-11-13)20-16(21)17(8-9-17)14-4-6-15(18)7-5-14/h2-7,10-12H,8-9,18H2,1H3,(H,20,21). The molecule has 1 amide bonds. The third kappa shape index (κ3) is 2.61. The van der Waals surface area contributed by atoms with Crippen LogP contribution in [0.4, 0.5) is 5.69 Å². The van der Waals surface area contributed by atoms with E-state index in [0.29, 0.717) is 0 Å². The molecule has 4 nitrogen and oxygen atoms in total. The smallest absolute Gasteiger partial charge is 0.231 e. The van der Waals surface area contributed by atoms with Crippen molar-refractivity contribution in [3.05, 3.63) is 59.9 Å². The number of carbonyl (C=O) groups excluding carboxylic acids is 1. The van der Waals surface area contributed by atoms with Gasteiger partial charge in [0.25, 0.3) is 0 Å². The van der Waals surface area contributed by atoms with Crippen LogP contribution in [0.15, 0.2) is 48.8 Å². The molecule has 1 aromatic heterocycles. The number of hydrogen-bond acceptors (Lipinski definition) is 3. The number of pyridine rings is 1. The third-order valence-electron chi connectivity index (χ3n) is 4.18. The van der Waals surface area contributed by atoms with Gasteiger partial charge in [0.1, 0.15) is 0 Å². The Hall–Kier alpha value is -2.36. The van der Waals surface area contributed by atoms with E-state index in [2.05, 4.69) is 10.3 Å². The summed E-state index contributed by atoms with van der Waals surface area (Å²) in [5.74, 6) is 0.0867. The van der Waals surface area contributed by atoms with Crippen LogP contribution in [0.1, 0.15) is 36.9 Å². The van der Waals surface area contributed by atoms with Crippen molar-refractivity contribution in [3.63, 3.8) is 0 Å². The van der Waals surface area contributed by atoms with Crippen molar-refractivity contribution in [2.75, 3.05) is 5.73 Å². The molecule has 108 valence electrons. The molecule has 2 aromatic rings. The molecule has 1 aromatic carbocycles. The van der Waals surface area contributed by atoms with E-state index in [1.54, 1.807) is 12.4 Å². The molecule has 0 radical (unpaired) electrons. The summed E-state index contributed by atoms with van der Waals surface area (Å²) in [6.45, 7) is 1.98. The molecule has 0 bridgehead atoms. The zero-order valence-corrected chi connectivity index (χ0v) is 12.0. The minimum Gasteiger partial charge on any atom is -0.399 e. The maximum absolute atomic E-state index is 12.6. The molecule has 0 saturated heterocycles. The van der Waals surface area contributed by atoms with Gasteiger partial charge < -0.3 is 11.1 Å². The Kier molecular flexibility index (Phi) is 3.37. The van der Waals surface area contributed by atoms with E-state index in [1.807, 2.05) is 43.3 Å². The topological polar surface area (TPSA) is 68.0 Å². The van der Waals surface area contributed by atoms with Gasteiger partial charge in [-0.2, -0.15) is 0 Å². The molecule has 1 heterocycles. The second kappa shape index (κ2) is 5.20. The number of rotatable bonds is 4. The maximum atomic E-state index is 12.6. The predicted molar refractivity (Wildman–Crippen MR) is 82.6 cm³/mol. The fourth-order valence-corrected chi connectivity index (χ4v) is 2.62. The van der Waals surface area contributed by atoms with Gasteiger partial charge in [0.15, 0.2) is 0 Å². The van der Waals surface area contributed by atoms with Crippen LogP contribution in [0.25, 0.3) is 0 Å². The number of amides is 1. The van der Waals surface area contributed by atoms with Crippen LogP contribution < -0.4 is 11.1 Å². The maximum Gasteiger partial charge on any atom is 0.231 e. The fourth-order valence-electron chi connectivity index (χ4n) is 2.62. The van der Waals surface area contributed by atoms with Crippen molar-refractivity contribution >= 4 is 11.6 Å². The molecular formula is C17H19N3O. The largest absolute Gasteiger partial charge is 0.399 e. The first-order valence-electron chi connectivity index (χ1n) is 7.19. The van der Waals surface area contributed by atoms with Gasteiger partial charge in [0.2, 0.25) is 5.91 Å². The summed E-state index contributed by atoms with van der Waals surface area (Å²) in [5, 5.41) is 3.10. The van der Waals surface area contributed by atoms with Gasteiger partial charge in [-0.1, -0.05) is 18.2 Å². The molecule has 0 aliphatic heterocycles. The van der Waals surface area contributed by atoms with Gasteiger partial charge in [-0.05, 0) is 49.1 Å². The molecule has 1 fully saturated rings. The van der Waals surface area contributed by atoms with Crippen LogP contribution in [-0.2, 0) is 10.2 Å². The van der Waals surface area contributed by atoms with E-state index in [9.17, 15) is 4.79 Å². The molecule has 1 saturated carbocycles. The SMILES string of the molecule is CC(NC(=O)C1(c2ccc(N)cc2)CC1)c1cccnc1. The van der Waals surface area contributed by atoms with Crippen LogP contribution in [0.2, 0.25) is 0 Å². The average Bonchev–Trinajstić information content (AvgIpc) is 3.30. The summed E-state index contributed by atoms with van der Waals surface area (Å²) in [6, 6.07) is 11.4. The number of aromatic nitrogens is 1. The number of nitrogens with zero attached hydrogens (tertiary/aromatic N) is 1. The lowest BCUT2D eigenvalue weighted by Crippen LogP contribution is -2.36. The van der Waals surface area contributed by atoms with Gasteiger partial charge in [0.05, 0.1) is 11.5 Å². The van der Waals surface area contributed by atoms with Crippen LogP contribution in [0.3, 0.4) is 0 Å². The van der Waals surface area contributed by atoms with Gasteiger partial charge in [-0.3, -0.25) is 9.78 Å². The Bertz CT molecular complexity index is 633. The van der Waals surface area contributed by atoms with E-state index < -0.39 is 0 Å². The number of nitrogen functional groups attached to an aromatic ring is 1. The van der Waals surface area contributed by atoms with E-state index in [-0.39, 0.29) is 17.4 Å². The highest BCUT2D eigenvalue weighted by Crippen LogP contribution is 2.48. The van der Waals surface area contributed by atoms with Crippen LogP contribution in [0, 0.1) is 0 Å². The van der Waals surface area contributed by atoms with E-state index in [1.165, 1.54) is 0 Å². The lowest BCUT2D eigenvalue weighted by atomic mass is 9.94. The first kappa shape index (κ1) is 13.6. The number of nitrogens with one attached hydrogen (secondary N) is 1. The zero-order chi connectivity index (χ0) is 14.9. The fraction of sp³-hybridized carbons (Fsp3) is 0.294. The summed E-state index contributed by atoms with van der Waals surface area (Å²) >= 11 is 0. The van der Waals surface area contributed by atoms with Crippen molar-refractivity contribution in [3.8, 4) is 0 Å². The number of hydrogen-bond donors (Lipinski definition) is 2. The highest BCUT2D eigenvalue weighted by atomic mass is 16.2. The van der Waals surface area contributed by atoms with Crippen molar-refractivity contribution < 1.29 is 4.79 Å². The molecule has 4 heteroatoms. The summed E-state index contributed by atoms with van der Waals surface area (Å²) in [5.41, 5.74) is 8.13. The van der Waals surface area contributed by atoms with Gasteiger partial charge in [0, 0.05) is 18.1 Å². The predicted octanol–water partition coefficient (Wildman–Crippen LogP) is 2.57. The lowest BCUT2D eigenvalue weighted by Gasteiger charge is -2.20. The molecular weight excluding hydrogens is 262 g/mol. The Morgan fingerprint density at radius 2 is 2.00 bits per heavy atom. The normalized spacial score (nSPS) is 17.0. The quantitative estimate of drug-likeness (QED) is 0.846. The molecule has 1 aliphatic carbocycles. The lowest BCUT2D eigenvalue weighted by molar-refractivity contribution is -0.124. The monoisotopic (exact) mass is 281 g/mol. The molecule has 1 unspecified atom stereocenters. The minimum absolute atomic E-state index is 0.0440. The summed E-state index contributed by atoms with van der Waals surface area (Å²) < 4.78 is 0. The number of nitrogens with two attached hydrogens (primary N) is 1. The van der Waals surface area contributed by atoms with Crippen LogP contribution in [-0.4, -0.2) is 10.9 Å². The van der Waals surface area contributed by atoms with Crippen molar-refractivity contribution in [2.24, 2.45) is 0 Å². The highest BCUT2D eigenvalue weighted by Gasteiger charge is 2.51. The molecule has 0 spiro atoms.